The van der Waals surface area contributed by atoms with Gasteiger partial charge in [0.1, 0.15) is 5.60 Å². The number of carbonyl (C=O) groups is 1. The van der Waals surface area contributed by atoms with Crippen LogP contribution in [0.25, 0.3) is 0 Å². The molecule has 1 heterocycles. The number of esters is 1. The highest BCUT2D eigenvalue weighted by Gasteiger charge is 2.80. The third-order valence-corrected chi connectivity index (χ3v) is 13.9. The number of hydrogen-bond acceptors (Lipinski definition) is 4. The number of aliphatic hydroxyl groups excluding tert-OH is 2. The van der Waals surface area contributed by atoms with Crippen molar-refractivity contribution in [1.82, 2.24) is 0 Å². The molecule has 6 aliphatic rings. The normalized spacial score (nSPS) is 61.6. The van der Waals surface area contributed by atoms with Crippen molar-refractivity contribution in [2.45, 2.75) is 111 Å². The molecule has 4 saturated carbocycles. The van der Waals surface area contributed by atoms with Crippen molar-refractivity contribution in [2.75, 3.05) is 0 Å². The van der Waals surface area contributed by atoms with E-state index in [0.29, 0.717) is 18.3 Å². The molecule has 5 aliphatic carbocycles. The second-order valence-electron chi connectivity index (χ2n) is 14.8. The Labute approximate surface area is 205 Å². The first-order valence-corrected chi connectivity index (χ1v) is 14.0. The topological polar surface area (TPSA) is 66.8 Å². The smallest absolute Gasteiger partial charge is 0.313 e. The van der Waals surface area contributed by atoms with Gasteiger partial charge in [-0.25, -0.2) is 0 Å². The van der Waals surface area contributed by atoms with Crippen LogP contribution in [0.1, 0.15) is 93.4 Å². The molecular weight excluding hydrogens is 424 g/mol. The Balaban J connectivity index is 1.53. The molecule has 0 aromatic rings. The summed E-state index contributed by atoms with van der Waals surface area (Å²) in [7, 11) is 0. The molecule has 4 nitrogen and oxygen atoms in total. The van der Waals surface area contributed by atoms with Crippen LogP contribution < -0.4 is 0 Å². The van der Waals surface area contributed by atoms with Gasteiger partial charge in [0, 0.05) is 23.2 Å². The van der Waals surface area contributed by atoms with E-state index in [1.807, 2.05) is 0 Å². The number of rotatable bonds is 0. The molecule has 12 atom stereocenters. The molecule has 0 radical (unpaired) electrons. The quantitative estimate of drug-likeness (QED) is 0.362. The lowest BCUT2D eigenvalue weighted by Gasteiger charge is -2.72. The Bertz CT molecular complexity index is 955. The summed E-state index contributed by atoms with van der Waals surface area (Å²) < 4.78 is 6.68. The number of ether oxygens (including phenoxy) is 1. The van der Waals surface area contributed by atoms with Crippen LogP contribution in [-0.2, 0) is 9.53 Å². The first-order valence-electron chi connectivity index (χ1n) is 14.0. The zero-order valence-corrected chi connectivity index (χ0v) is 22.4. The fourth-order valence-corrected chi connectivity index (χ4v) is 11.4. The van der Waals surface area contributed by atoms with Crippen molar-refractivity contribution in [1.29, 1.82) is 0 Å². The minimum atomic E-state index is -0.542. The zero-order valence-electron chi connectivity index (χ0n) is 22.4. The van der Waals surface area contributed by atoms with Gasteiger partial charge in [-0.1, -0.05) is 54.5 Å². The van der Waals surface area contributed by atoms with E-state index in [9.17, 15) is 15.0 Å². The largest absolute Gasteiger partial charge is 0.453 e. The van der Waals surface area contributed by atoms with E-state index in [1.54, 1.807) is 0 Å². The molecular formula is C30H46O4. The number of aliphatic hydroxyl groups is 2. The molecule has 34 heavy (non-hydrogen) atoms. The van der Waals surface area contributed by atoms with Gasteiger partial charge in [0.25, 0.3) is 0 Å². The van der Waals surface area contributed by atoms with Crippen LogP contribution in [0.5, 0.6) is 0 Å². The van der Waals surface area contributed by atoms with Gasteiger partial charge in [-0.05, 0) is 79.1 Å². The molecule has 5 fully saturated rings. The summed E-state index contributed by atoms with van der Waals surface area (Å²) in [6.45, 7) is 16.3. The van der Waals surface area contributed by atoms with Gasteiger partial charge in [-0.2, -0.15) is 0 Å². The lowest BCUT2D eigenvalue weighted by Crippen LogP contribution is -2.72. The van der Waals surface area contributed by atoms with Gasteiger partial charge in [0.05, 0.1) is 17.6 Å². The molecule has 0 aromatic carbocycles. The van der Waals surface area contributed by atoms with Crippen LogP contribution in [0.4, 0.5) is 0 Å². The lowest BCUT2D eigenvalue weighted by molar-refractivity contribution is -0.266. The van der Waals surface area contributed by atoms with E-state index in [2.05, 4.69) is 60.6 Å². The summed E-state index contributed by atoms with van der Waals surface area (Å²) in [5.74, 6) is 1.80. The number of fused-ring (bicyclic) bond motifs is 4. The summed E-state index contributed by atoms with van der Waals surface area (Å²) >= 11 is 0. The fourth-order valence-electron chi connectivity index (χ4n) is 11.4. The first kappa shape index (κ1) is 23.5. The van der Waals surface area contributed by atoms with Gasteiger partial charge in [0.2, 0.25) is 0 Å². The Kier molecular flexibility index (Phi) is 4.51. The predicted octanol–water partition coefficient (Wildman–Crippen LogP) is 5.51. The maximum Gasteiger partial charge on any atom is 0.313 e. The van der Waals surface area contributed by atoms with Gasteiger partial charge in [0.15, 0.2) is 0 Å². The van der Waals surface area contributed by atoms with Crippen molar-refractivity contribution in [2.24, 2.45) is 56.7 Å². The van der Waals surface area contributed by atoms with Crippen molar-refractivity contribution in [3.05, 3.63) is 12.2 Å². The van der Waals surface area contributed by atoms with Crippen molar-refractivity contribution >= 4 is 5.97 Å². The minimum Gasteiger partial charge on any atom is -0.453 e. The molecule has 0 aromatic heterocycles. The van der Waals surface area contributed by atoms with Crippen molar-refractivity contribution in [3.8, 4) is 0 Å². The summed E-state index contributed by atoms with van der Waals surface area (Å²) in [6, 6.07) is 0. The third-order valence-electron chi connectivity index (χ3n) is 13.9. The Hall–Kier alpha value is -0.870. The third kappa shape index (κ3) is 2.21. The fraction of sp³-hybridized carbons (Fsp3) is 0.900. The molecule has 1 saturated heterocycles. The van der Waals surface area contributed by atoms with E-state index in [4.69, 9.17) is 4.74 Å². The minimum absolute atomic E-state index is 0.0635. The zero-order chi connectivity index (χ0) is 24.7. The van der Waals surface area contributed by atoms with Crippen LogP contribution in [0.15, 0.2) is 12.2 Å². The second-order valence-corrected chi connectivity index (χ2v) is 14.8. The summed E-state index contributed by atoms with van der Waals surface area (Å²) in [6.07, 6.45) is 10.2. The molecule has 0 amide bonds. The van der Waals surface area contributed by atoms with Crippen LogP contribution in [-0.4, -0.2) is 34.0 Å². The molecule has 190 valence electrons. The van der Waals surface area contributed by atoms with Crippen LogP contribution >= 0.6 is 0 Å². The average molecular weight is 471 g/mol. The van der Waals surface area contributed by atoms with Crippen LogP contribution in [0.3, 0.4) is 0 Å². The number of carbonyl (C=O) groups excluding carboxylic acids is 1. The molecule has 2 N–H and O–H groups in total. The summed E-state index contributed by atoms with van der Waals surface area (Å²) in [4.78, 5) is 13.7. The second kappa shape index (κ2) is 6.52. The predicted molar refractivity (Wildman–Crippen MR) is 132 cm³/mol. The number of allylic oxidation sites excluding steroid dienone is 1. The first-order chi connectivity index (χ1) is 15.7. The lowest BCUT2D eigenvalue weighted by atomic mass is 9.31. The SMILES string of the molecule is C[C@H]1[C@H](C)CC[C@@]23CC[C@]4(C)[C@@](C=C[C@@H]5[C@@]6(C)[C@H](O)C[C@H](O)C(C)(C)[C@@H]6CC[C@]54C)(OC2=O)[C@H]13. The molecule has 1 spiro atoms. The Morgan fingerprint density at radius 3 is 2.35 bits per heavy atom. The highest BCUT2D eigenvalue weighted by Crippen LogP contribution is 2.79. The molecule has 1 aliphatic heterocycles. The molecule has 0 unspecified atom stereocenters. The summed E-state index contributed by atoms with van der Waals surface area (Å²) in [5, 5.41) is 22.5. The van der Waals surface area contributed by atoms with Crippen LogP contribution in [0.2, 0.25) is 0 Å². The van der Waals surface area contributed by atoms with Gasteiger partial charge >= 0.3 is 5.97 Å². The van der Waals surface area contributed by atoms with Crippen molar-refractivity contribution in [3.63, 3.8) is 0 Å². The monoisotopic (exact) mass is 470 g/mol. The maximum atomic E-state index is 13.7. The van der Waals surface area contributed by atoms with Gasteiger partial charge in [-0.3, -0.25) is 4.79 Å². The van der Waals surface area contributed by atoms with Gasteiger partial charge in [-0.15, -0.1) is 0 Å². The maximum absolute atomic E-state index is 13.7. The van der Waals surface area contributed by atoms with Crippen LogP contribution in [0, 0.1) is 56.7 Å². The highest BCUT2D eigenvalue weighted by atomic mass is 16.6. The van der Waals surface area contributed by atoms with E-state index in [-0.39, 0.29) is 50.8 Å². The standard InChI is InChI=1S/C30H46O4/c1-17-8-12-29-15-14-27(6)26(5)11-9-19-25(3,4)21(31)16-22(32)28(19,7)20(26)10-13-30(27,34-24(29)33)23(29)18(17)2/h10,13,17-23,31-32H,8-9,11-12,14-16H2,1-7H3/t17-,18+,19+,20+,21+,22-,23-,26-,27+,28+,29+,30+/m1/s1. The molecule has 6 rings (SSSR count). The Morgan fingerprint density at radius 1 is 0.941 bits per heavy atom. The number of hydrogen-bond donors (Lipinski definition) is 2. The van der Waals surface area contributed by atoms with E-state index < -0.39 is 17.8 Å². The molecule has 4 heteroatoms. The van der Waals surface area contributed by atoms with E-state index in [1.165, 1.54) is 0 Å². The highest BCUT2D eigenvalue weighted by molar-refractivity contribution is 5.82. The van der Waals surface area contributed by atoms with E-state index in [0.717, 1.165) is 38.5 Å². The summed E-state index contributed by atoms with van der Waals surface area (Å²) in [5.41, 5.74) is -1.63. The van der Waals surface area contributed by atoms with Crippen molar-refractivity contribution < 1.29 is 19.7 Å². The average Bonchev–Trinajstić information content (AvgIpc) is 2.96. The Morgan fingerprint density at radius 2 is 1.65 bits per heavy atom. The molecule has 2 bridgehead atoms. The van der Waals surface area contributed by atoms with E-state index >= 15 is 0 Å². The van der Waals surface area contributed by atoms with Gasteiger partial charge < -0.3 is 14.9 Å².